The normalized spacial score (nSPS) is 18.4. The lowest BCUT2D eigenvalue weighted by molar-refractivity contribution is -0.142. The number of carboxylic acid groups (broad SMARTS) is 1. The summed E-state index contributed by atoms with van der Waals surface area (Å²) >= 11 is 0. The van der Waals surface area contributed by atoms with Crippen LogP contribution >= 0.6 is 0 Å². The van der Waals surface area contributed by atoms with Crippen molar-refractivity contribution in [3.8, 4) is 0 Å². The largest absolute Gasteiger partial charge is 0.480 e. The van der Waals surface area contributed by atoms with E-state index in [0.717, 1.165) is 18.5 Å². The number of amides is 3. The minimum atomic E-state index is -1.16. The van der Waals surface area contributed by atoms with Crippen LogP contribution in [0.15, 0.2) is 30.3 Å². The number of rotatable bonds is 11. The van der Waals surface area contributed by atoms with Crippen LogP contribution in [0.25, 0.3) is 0 Å². The Kier molecular flexibility index (Phi) is 9.64. The molecule has 1 heterocycles. The second-order valence-corrected chi connectivity index (χ2v) is 8.66. The fourth-order valence-electron chi connectivity index (χ4n) is 3.59. The van der Waals surface area contributed by atoms with Crippen molar-refractivity contribution < 1.29 is 24.3 Å². The summed E-state index contributed by atoms with van der Waals surface area (Å²) in [6.07, 6.45) is 2.20. The molecule has 0 saturated carbocycles. The molecule has 0 aromatic heterocycles. The van der Waals surface area contributed by atoms with Gasteiger partial charge < -0.3 is 26.4 Å². The van der Waals surface area contributed by atoms with Crippen LogP contribution < -0.4 is 21.3 Å². The summed E-state index contributed by atoms with van der Waals surface area (Å²) in [5, 5.41) is 20.2. The van der Waals surface area contributed by atoms with Crippen LogP contribution in [0.5, 0.6) is 0 Å². The fourth-order valence-corrected chi connectivity index (χ4v) is 3.59. The summed E-state index contributed by atoms with van der Waals surface area (Å²) in [5.74, 6) is -2.38. The van der Waals surface area contributed by atoms with Gasteiger partial charge in [0, 0.05) is 6.42 Å². The maximum atomic E-state index is 13.2. The third-order valence-electron chi connectivity index (χ3n) is 5.36. The Morgan fingerprint density at radius 3 is 2.22 bits per heavy atom. The molecular weight excluding hydrogens is 412 g/mol. The lowest BCUT2D eigenvalue weighted by atomic mass is 10.0. The molecule has 1 aliphatic heterocycles. The summed E-state index contributed by atoms with van der Waals surface area (Å²) in [7, 11) is 0. The Hall–Kier alpha value is -2.94. The zero-order chi connectivity index (χ0) is 23.7. The molecule has 1 aromatic rings. The molecule has 0 radical (unpaired) electrons. The molecule has 1 aromatic carbocycles. The van der Waals surface area contributed by atoms with Crippen LogP contribution in [0.2, 0.25) is 0 Å². The second kappa shape index (κ2) is 12.2. The first-order valence-corrected chi connectivity index (χ1v) is 11.1. The van der Waals surface area contributed by atoms with Crippen LogP contribution in [-0.4, -0.2) is 59.5 Å². The van der Waals surface area contributed by atoms with Gasteiger partial charge in [-0.25, -0.2) is 0 Å². The van der Waals surface area contributed by atoms with Crippen LogP contribution in [0.4, 0.5) is 0 Å². The van der Waals surface area contributed by atoms with Crippen molar-refractivity contribution in [3.63, 3.8) is 0 Å². The van der Waals surface area contributed by atoms with E-state index in [-0.39, 0.29) is 24.3 Å². The minimum Gasteiger partial charge on any atom is -0.480 e. The number of carbonyl (C=O) groups excluding carboxylic acids is 3. The van der Waals surface area contributed by atoms with Gasteiger partial charge in [-0.1, -0.05) is 44.2 Å². The van der Waals surface area contributed by atoms with Crippen LogP contribution in [0.1, 0.15) is 45.6 Å². The minimum absolute atomic E-state index is 0.0797. The number of hydrogen-bond donors (Lipinski definition) is 5. The van der Waals surface area contributed by atoms with Crippen LogP contribution in [0, 0.1) is 5.92 Å². The molecule has 1 aliphatic rings. The Bertz CT molecular complexity index is 793. The molecule has 32 heavy (non-hydrogen) atoms. The van der Waals surface area contributed by atoms with E-state index in [1.54, 1.807) is 0 Å². The van der Waals surface area contributed by atoms with E-state index in [4.69, 9.17) is 5.11 Å². The van der Waals surface area contributed by atoms with Gasteiger partial charge in [-0.2, -0.15) is 0 Å². The molecule has 4 atom stereocenters. The fraction of sp³-hybridized carbons (Fsp3) is 0.565. The van der Waals surface area contributed by atoms with E-state index < -0.39 is 35.9 Å². The number of carbonyl (C=O) groups is 4. The number of nitrogens with one attached hydrogen (secondary N) is 4. The highest BCUT2D eigenvalue weighted by Crippen LogP contribution is 2.10. The summed E-state index contributed by atoms with van der Waals surface area (Å²) in [6, 6.07) is 6.11. The van der Waals surface area contributed by atoms with Gasteiger partial charge in [0.2, 0.25) is 17.7 Å². The zero-order valence-electron chi connectivity index (χ0n) is 18.9. The maximum Gasteiger partial charge on any atom is 0.325 e. The monoisotopic (exact) mass is 446 g/mol. The first-order valence-electron chi connectivity index (χ1n) is 11.1. The van der Waals surface area contributed by atoms with Crippen LogP contribution in [0.3, 0.4) is 0 Å². The third-order valence-corrected chi connectivity index (χ3v) is 5.36. The van der Waals surface area contributed by atoms with Crippen LogP contribution in [-0.2, 0) is 25.6 Å². The predicted octanol–water partition coefficient (Wildman–Crippen LogP) is 0.586. The first kappa shape index (κ1) is 25.3. The molecule has 176 valence electrons. The standard InChI is InChI=1S/C23H34N4O5/c1-14(2)12-18(21(29)25-15(3)23(31)32)26-22(30)19(13-16-8-5-4-6-9-16)27-20(28)17-10-7-11-24-17/h4-6,8-9,14-15,17-19,24H,7,10-13H2,1-3H3,(H,25,29)(H,26,30)(H,27,28)(H,31,32). The first-order chi connectivity index (χ1) is 15.2. The zero-order valence-corrected chi connectivity index (χ0v) is 18.9. The maximum absolute atomic E-state index is 13.2. The number of benzene rings is 1. The molecule has 5 N–H and O–H groups in total. The van der Waals surface area contributed by atoms with Crippen molar-refractivity contribution in [1.29, 1.82) is 0 Å². The molecule has 0 bridgehead atoms. The Morgan fingerprint density at radius 1 is 1.00 bits per heavy atom. The molecule has 0 aliphatic carbocycles. The van der Waals surface area contributed by atoms with Gasteiger partial charge in [0.25, 0.3) is 0 Å². The van der Waals surface area contributed by atoms with Crippen molar-refractivity contribution in [2.24, 2.45) is 5.92 Å². The van der Waals surface area contributed by atoms with Crippen molar-refractivity contribution in [2.45, 2.75) is 70.6 Å². The van der Waals surface area contributed by atoms with Gasteiger partial charge in [0.15, 0.2) is 0 Å². The molecule has 9 heteroatoms. The van der Waals surface area contributed by atoms with Gasteiger partial charge in [-0.05, 0) is 44.2 Å². The number of aliphatic carboxylic acids is 1. The van der Waals surface area contributed by atoms with E-state index in [1.165, 1.54) is 6.92 Å². The van der Waals surface area contributed by atoms with Gasteiger partial charge in [-0.3, -0.25) is 19.2 Å². The summed E-state index contributed by atoms with van der Waals surface area (Å²) in [6.45, 7) is 5.93. The summed E-state index contributed by atoms with van der Waals surface area (Å²) < 4.78 is 0. The molecule has 4 unspecified atom stereocenters. The SMILES string of the molecule is CC(C)CC(NC(=O)C(Cc1ccccc1)NC(=O)C1CCCN1)C(=O)NC(C)C(=O)O. The number of carboxylic acids is 1. The van der Waals surface area contributed by atoms with Crippen molar-refractivity contribution >= 4 is 23.7 Å². The van der Waals surface area contributed by atoms with E-state index in [9.17, 15) is 19.2 Å². The van der Waals surface area contributed by atoms with E-state index >= 15 is 0 Å². The summed E-state index contributed by atoms with van der Waals surface area (Å²) in [4.78, 5) is 49.6. The molecule has 0 spiro atoms. The van der Waals surface area contributed by atoms with E-state index in [1.807, 2.05) is 44.2 Å². The molecular formula is C23H34N4O5. The summed E-state index contributed by atoms with van der Waals surface area (Å²) in [5.41, 5.74) is 0.872. The van der Waals surface area contributed by atoms with Crippen molar-refractivity contribution in [1.82, 2.24) is 21.3 Å². The highest BCUT2D eigenvalue weighted by atomic mass is 16.4. The third kappa shape index (κ3) is 7.96. The number of hydrogen-bond acceptors (Lipinski definition) is 5. The molecule has 2 rings (SSSR count). The van der Waals surface area contributed by atoms with Gasteiger partial charge >= 0.3 is 5.97 Å². The predicted molar refractivity (Wildman–Crippen MR) is 120 cm³/mol. The van der Waals surface area contributed by atoms with E-state index in [0.29, 0.717) is 12.8 Å². The van der Waals surface area contributed by atoms with Crippen molar-refractivity contribution in [2.75, 3.05) is 6.54 Å². The highest BCUT2D eigenvalue weighted by molar-refractivity contribution is 5.94. The Balaban J connectivity index is 2.15. The molecule has 1 saturated heterocycles. The van der Waals surface area contributed by atoms with Gasteiger partial charge in [0.1, 0.15) is 18.1 Å². The van der Waals surface area contributed by atoms with Gasteiger partial charge in [0.05, 0.1) is 6.04 Å². The smallest absolute Gasteiger partial charge is 0.325 e. The topological polar surface area (TPSA) is 137 Å². The average Bonchev–Trinajstić information content (AvgIpc) is 3.28. The Labute approximate surface area is 188 Å². The lowest BCUT2D eigenvalue weighted by Gasteiger charge is -2.25. The molecule has 1 fully saturated rings. The average molecular weight is 447 g/mol. The molecule has 3 amide bonds. The van der Waals surface area contributed by atoms with E-state index in [2.05, 4.69) is 21.3 Å². The van der Waals surface area contributed by atoms with Crippen molar-refractivity contribution in [3.05, 3.63) is 35.9 Å². The van der Waals surface area contributed by atoms with Gasteiger partial charge in [-0.15, -0.1) is 0 Å². The lowest BCUT2D eigenvalue weighted by Crippen LogP contribution is -2.57. The second-order valence-electron chi connectivity index (χ2n) is 8.66. The highest BCUT2D eigenvalue weighted by Gasteiger charge is 2.31. The quantitative estimate of drug-likeness (QED) is 0.337. The Morgan fingerprint density at radius 2 is 1.66 bits per heavy atom. The molecule has 9 nitrogen and oxygen atoms in total.